The van der Waals surface area contributed by atoms with Gasteiger partial charge in [-0.25, -0.2) is 0 Å². The average Bonchev–Trinajstić information content (AvgIpc) is 2.12. The third kappa shape index (κ3) is 26.8. The molecule has 0 aliphatic carbocycles. The highest BCUT2D eigenvalue weighted by Gasteiger charge is 2.13. The smallest absolute Gasteiger partial charge is 0.146 e. The third-order valence-corrected chi connectivity index (χ3v) is 2.18. The highest BCUT2D eigenvalue weighted by atomic mass is 16.1. The van der Waals surface area contributed by atoms with Crippen LogP contribution in [0.15, 0.2) is 0 Å². The summed E-state index contributed by atoms with van der Waals surface area (Å²) < 4.78 is 0. The predicted octanol–water partition coefficient (Wildman–Crippen LogP) is 3.99. The van der Waals surface area contributed by atoms with Crippen molar-refractivity contribution < 1.29 is 9.59 Å². The lowest BCUT2D eigenvalue weighted by molar-refractivity contribution is -0.119. The molecule has 0 aromatic rings. The standard InChI is InChI=1S/C8H16O.C7H15NO.CH4/c1-7(9)5-6-8(2,3)4;1-7(2,3)4-6(9)5-8;/h5-6H2,1-4H3;4-5,8H2,1-3H3;1H4. The Morgan fingerprint density at radius 3 is 1.47 bits per heavy atom. The molecule has 0 rings (SSSR count). The molecule has 0 heterocycles. The van der Waals surface area contributed by atoms with Crippen LogP contribution < -0.4 is 5.73 Å². The van der Waals surface area contributed by atoms with Crippen molar-refractivity contribution in [2.75, 3.05) is 6.54 Å². The van der Waals surface area contributed by atoms with Gasteiger partial charge in [0.25, 0.3) is 0 Å². The molecule has 0 aliphatic heterocycles. The van der Waals surface area contributed by atoms with E-state index in [0.717, 1.165) is 12.8 Å². The second-order valence-electron chi connectivity index (χ2n) is 7.24. The van der Waals surface area contributed by atoms with Crippen LogP contribution in [-0.4, -0.2) is 18.1 Å². The SMILES string of the molecule is C.CC(=O)CCC(C)(C)C.CC(C)(C)CC(=O)CN. The second kappa shape index (κ2) is 10.1. The zero-order valence-electron chi connectivity index (χ0n) is 13.2. The van der Waals surface area contributed by atoms with Crippen LogP contribution in [-0.2, 0) is 9.59 Å². The van der Waals surface area contributed by atoms with Gasteiger partial charge < -0.3 is 10.5 Å². The van der Waals surface area contributed by atoms with E-state index in [1.54, 1.807) is 6.92 Å². The Hall–Kier alpha value is -0.700. The molecule has 2 N–H and O–H groups in total. The summed E-state index contributed by atoms with van der Waals surface area (Å²) in [6.07, 6.45) is 2.31. The van der Waals surface area contributed by atoms with Crippen LogP contribution >= 0.6 is 0 Å². The maximum Gasteiger partial charge on any atom is 0.146 e. The predicted molar refractivity (Wildman–Crippen MR) is 84.2 cm³/mol. The molecule has 0 atom stereocenters. The molecular weight excluding hydrogens is 238 g/mol. The molecule has 116 valence electrons. The first-order chi connectivity index (χ1) is 7.87. The van der Waals surface area contributed by atoms with E-state index in [1.807, 2.05) is 20.8 Å². The Labute approximate surface area is 120 Å². The van der Waals surface area contributed by atoms with Gasteiger partial charge in [0.15, 0.2) is 0 Å². The summed E-state index contributed by atoms with van der Waals surface area (Å²) in [6, 6.07) is 0. The lowest BCUT2D eigenvalue weighted by Crippen LogP contribution is -2.20. The Kier molecular flexibility index (Phi) is 12.5. The third-order valence-electron chi connectivity index (χ3n) is 2.18. The highest BCUT2D eigenvalue weighted by Crippen LogP contribution is 2.20. The van der Waals surface area contributed by atoms with E-state index < -0.39 is 0 Å². The first-order valence-corrected chi connectivity index (χ1v) is 6.58. The zero-order valence-corrected chi connectivity index (χ0v) is 13.2. The molecule has 3 heteroatoms. The molecule has 0 aromatic carbocycles. The number of carbonyl (C=O) groups excluding carboxylic acids is 2. The number of hydrogen-bond donors (Lipinski definition) is 1. The molecule has 0 aliphatic rings. The summed E-state index contributed by atoms with van der Waals surface area (Å²) in [4.78, 5) is 21.2. The monoisotopic (exact) mass is 273 g/mol. The molecular formula is C16H35NO2. The van der Waals surface area contributed by atoms with Crippen molar-refractivity contribution in [3.8, 4) is 0 Å². The minimum Gasteiger partial charge on any atom is -0.324 e. The van der Waals surface area contributed by atoms with Gasteiger partial charge in [-0.05, 0) is 24.2 Å². The fourth-order valence-corrected chi connectivity index (χ4v) is 1.21. The minimum atomic E-state index is 0. The largest absolute Gasteiger partial charge is 0.324 e. The van der Waals surface area contributed by atoms with Crippen LogP contribution in [0.3, 0.4) is 0 Å². The van der Waals surface area contributed by atoms with Gasteiger partial charge in [0, 0.05) is 12.8 Å². The number of nitrogens with two attached hydrogens (primary N) is 1. The van der Waals surface area contributed by atoms with Gasteiger partial charge in [0.1, 0.15) is 11.6 Å². The van der Waals surface area contributed by atoms with Crippen LogP contribution in [0, 0.1) is 10.8 Å². The van der Waals surface area contributed by atoms with Gasteiger partial charge in [-0.15, -0.1) is 0 Å². The molecule has 0 aromatic heterocycles. The van der Waals surface area contributed by atoms with Crippen molar-refractivity contribution in [1.29, 1.82) is 0 Å². The maximum absolute atomic E-state index is 10.7. The van der Waals surface area contributed by atoms with Crippen LogP contribution in [0.5, 0.6) is 0 Å². The fourth-order valence-electron chi connectivity index (χ4n) is 1.21. The number of rotatable bonds is 4. The molecule has 0 radical (unpaired) electrons. The summed E-state index contributed by atoms with van der Waals surface area (Å²) in [5.41, 5.74) is 5.53. The van der Waals surface area contributed by atoms with Crippen LogP contribution in [0.4, 0.5) is 0 Å². The number of hydrogen-bond acceptors (Lipinski definition) is 3. The van der Waals surface area contributed by atoms with Crippen LogP contribution in [0.2, 0.25) is 0 Å². The van der Waals surface area contributed by atoms with Crippen LogP contribution in [0.1, 0.15) is 75.2 Å². The van der Waals surface area contributed by atoms with E-state index in [9.17, 15) is 9.59 Å². The molecule has 0 bridgehead atoms. The van der Waals surface area contributed by atoms with E-state index in [1.165, 1.54) is 0 Å². The van der Waals surface area contributed by atoms with Crippen molar-refractivity contribution in [2.24, 2.45) is 16.6 Å². The van der Waals surface area contributed by atoms with Crippen molar-refractivity contribution in [3.05, 3.63) is 0 Å². The molecule has 0 unspecified atom stereocenters. The first-order valence-electron chi connectivity index (χ1n) is 6.58. The van der Waals surface area contributed by atoms with E-state index in [2.05, 4.69) is 20.8 Å². The van der Waals surface area contributed by atoms with Gasteiger partial charge in [-0.1, -0.05) is 49.0 Å². The van der Waals surface area contributed by atoms with Crippen molar-refractivity contribution >= 4 is 11.6 Å². The molecule has 19 heavy (non-hydrogen) atoms. The van der Waals surface area contributed by atoms with E-state index in [4.69, 9.17) is 5.73 Å². The number of Topliss-reactive ketones (excluding diaryl/α,β-unsaturated/α-hetero) is 2. The Morgan fingerprint density at radius 2 is 1.37 bits per heavy atom. The normalized spacial score (nSPS) is 10.9. The van der Waals surface area contributed by atoms with Gasteiger partial charge >= 0.3 is 0 Å². The molecule has 0 saturated carbocycles. The minimum absolute atomic E-state index is 0. The first kappa shape index (κ1) is 23.4. The summed E-state index contributed by atoms with van der Waals surface area (Å²) >= 11 is 0. The van der Waals surface area contributed by atoms with Gasteiger partial charge in [0.2, 0.25) is 0 Å². The molecule has 0 fully saturated rings. The lowest BCUT2D eigenvalue weighted by atomic mass is 9.90. The van der Waals surface area contributed by atoms with E-state index >= 15 is 0 Å². The summed E-state index contributed by atoms with van der Waals surface area (Å²) in [6.45, 7) is 14.4. The van der Waals surface area contributed by atoms with Gasteiger partial charge in [-0.2, -0.15) is 0 Å². The van der Waals surface area contributed by atoms with E-state index in [0.29, 0.717) is 17.6 Å². The highest BCUT2D eigenvalue weighted by molar-refractivity contribution is 5.80. The van der Waals surface area contributed by atoms with Gasteiger partial charge in [-0.3, -0.25) is 4.79 Å². The van der Waals surface area contributed by atoms with E-state index in [-0.39, 0.29) is 25.2 Å². The summed E-state index contributed by atoms with van der Waals surface area (Å²) in [5.74, 6) is 0.437. The number of ketones is 2. The number of carbonyl (C=O) groups is 2. The van der Waals surface area contributed by atoms with Crippen molar-refractivity contribution in [2.45, 2.75) is 75.2 Å². The molecule has 0 spiro atoms. The quantitative estimate of drug-likeness (QED) is 0.842. The van der Waals surface area contributed by atoms with Crippen LogP contribution in [0.25, 0.3) is 0 Å². The maximum atomic E-state index is 10.7. The fraction of sp³-hybridized carbons (Fsp3) is 0.875. The summed E-state index contributed by atoms with van der Waals surface area (Å²) in [7, 11) is 0. The van der Waals surface area contributed by atoms with Gasteiger partial charge in [0.05, 0.1) is 6.54 Å². The molecule has 3 nitrogen and oxygen atoms in total. The second-order valence-corrected chi connectivity index (χ2v) is 7.24. The summed E-state index contributed by atoms with van der Waals surface area (Å²) in [5, 5.41) is 0. The average molecular weight is 273 g/mol. The van der Waals surface area contributed by atoms with Crippen molar-refractivity contribution in [1.82, 2.24) is 0 Å². The molecule has 0 saturated heterocycles. The Morgan fingerprint density at radius 1 is 0.947 bits per heavy atom. The lowest BCUT2D eigenvalue weighted by Gasteiger charge is -2.15. The topological polar surface area (TPSA) is 60.2 Å². The van der Waals surface area contributed by atoms with Crippen molar-refractivity contribution in [3.63, 3.8) is 0 Å². The Balaban J connectivity index is -0.000000256. The molecule has 0 amide bonds. The Bertz CT molecular complexity index is 257. The zero-order chi connectivity index (χ0) is 15.0.